The lowest BCUT2D eigenvalue weighted by atomic mass is 10.1. The summed E-state index contributed by atoms with van der Waals surface area (Å²) in [5.41, 5.74) is 7.61. The molecule has 3 N–H and O–H groups in total. The zero-order valence-corrected chi connectivity index (χ0v) is 14.1. The molecule has 0 atom stereocenters. The number of carbonyl (C=O) groups is 1. The highest BCUT2D eigenvalue weighted by Crippen LogP contribution is 2.22. The fraction of sp³-hybridized carbons (Fsp3) is 0.316. The lowest BCUT2D eigenvalue weighted by molar-refractivity contribution is -0.117. The Kier molecular flexibility index (Phi) is 7.26. The standard InChI is InChI=1S/C19H25N3O2/c1-24-18-10-6-5-9-17(18)21-19(23)15-22(14-12-20)13-11-16-7-3-2-4-8-16/h2-10H,11-15,20H2,1H3,(H,21,23). The number of benzene rings is 2. The van der Waals surface area contributed by atoms with Gasteiger partial charge in [-0.3, -0.25) is 9.69 Å². The van der Waals surface area contributed by atoms with Gasteiger partial charge in [0.25, 0.3) is 0 Å². The first kappa shape index (κ1) is 18.0. The van der Waals surface area contributed by atoms with Gasteiger partial charge in [0.05, 0.1) is 19.3 Å². The zero-order chi connectivity index (χ0) is 17.2. The van der Waals surface area contributed by atoms with Crippen LogP contribution in [0, 0.1) is 0 Å². The van der Waals surface area contributed by atoms with Gasteiger partial charge in [0.2, 0.25) is 5.91 Å². The van der Waals surface area contributed by atoms with Crippen molar-refractivity contribution < 1.29 is 9.53 Å². The maximum Gasteiger partial charge on any atom is 0.238 e. The highest BCUT2D eigenvalue weighted by atomic mass is 16.5. The number of nitrogens with two attached hydrogens (primary N) is 1. The lowest BCUT2D eigenvalue weighted by Crippen LogP contribution is -2.38. The fourth-order valence-corrected chi connectivity index (χ4v) is 2.53. The number of anilines is 1. The molecule has 0 saturated heterocycles. The van der Waals surface area contributed by atoms with Crippen molar-refractivity contribution in [1.82, 2.24) is 4.90 Å². The van der Waals surface area contributed by atoms with Gasteiger partial charge in [-0.25, -0.2) is 0 Å². The van der Waals surface area contributed by atoms with E-state index in [1.807, 2.05) is 42.5 Å². The van der Waals surface area contributed by atoms with Crippen molar-refractivity contribution in [3.8, 4) is 5.75 Å². The Morgan fingerprint density at radius 3 is 2.50 bits per heavy atom. The third-order valence-electron chi connectivity index (χ3n) is 3.75. The average Bonchev–Trinajstić information content (AvgIpc) is 2.61. The molecule has 0 heterocycles. The fourth-order valence-electron chi connectivity index (χ4n) is 2.53. The smallest absolute Gasteiger partial charge is 0.238 e. The predicted molar refractivity (Wildman–Crippen MR) is 97.3 cm³/mol. The summed E-state index contributed by atoms with van der Waals surface area (Å²) in [6, 6.07) is 17.6. The van der Waals surface area contributed by atoms with Gasteiger partial charge in [-0.2, -0.15) is 0 Å². The van der Waals surface area contributed by atoms with Gasteiger partial charge in [-0.05, 0) is 24.1 Å². The number of rotatable bonds is 9. The van der Waals surface area contributed by atoms with Crippen molar-refractivity contribution in [2.45, 2.75) is 6.42 Å². The highest BCUT2D eigenvalue weighted by Gasteiger charge is 2.12. The third kappa shape index (κ3) is 5.68. The van der Waals surface area contributed by atoms with E-state index in [9.17, 15) is 4.79 Å². The molecule has 5 nitrogen and oxygen atoms in total. The summed E-state index contributed by atoms with van der Waals surface area (Å²) in [6.45, 7) is 2.31. The largest absolute Gasteiger partial charge is 0.495 e. The van der Waals surface area contributed by atoms with Crippen LogP contribution in [-0.2, 0) is 11.2 Å². The number of nitrogens with one attached hydrogen (secondary N) is 1. The molecule has 5 heteroatoms. The Morgan fingerprint density at radius 1 is 1.08 bits per heavy atom. The molecule has 0 aliphatic rings. The SMILES string of the molecule is COc1ccccc1NC(=O)CN(CCN)CCc1ccccc1. The Balaban J connectivity index is 1.90. The molecule has 2 rings (SSSR count). The van der Waals surface area contributed by atoms with Crippen LogP contribution >= 0.6 is 0 Å². The van der Waals surface area contributed by atoms with Crippen LogP contribution in [0.3, 0.4) is 0 Å². The summed E-state index contributed by atoms with van der Waals surface area (Å²) >= 11 is 0. The summed E-state index contributed by atoms with van der Waals surface area (Å²) in [5.74, 6) is 0.585. The zero-order valence-electron chi connectivity index (χ0n) is 14.1. The molecule has 24 heavy (non-hydrogen) atoms. The number of methoxy groups -OCH3 is 1. The van der Waals surface area contributed by atoms with E-state index < -0.39 is 0 Å². The van der Waals surface area contributed by atoms with E-state index in [0.717, 1.165) is 13.0 Å². The first-order valence-electron chi connectivity index (χ1n) is 8.12. The molecule has 0 bridgehead atoms. The van der Waals surface area contributed by atoms with Crippen molar-refractivity contribution in [1.29, 1.82) is 0 Å². The first-order chi connectivity index (χ1) is 11.7. The van der Waals surface area contributed by atoms with Gasteiger partial charge >= 0.3 is 0 Å². The first-order valence-corrected chi connectivity index (χ1v) is 8.12. The van der Waals surface area contributed by atoms with Gasteiger partial charge in [-0.1, -0.05) is 42.5 Å². The maximum atomic E-state index is 12.3. The van der Waals surface area contributed by atoms with E-state index in [0.29, 0.717) is 31.1 Å². The van der Waals surface area contributed by atoms with Crippen LogP contribution in [0.2, 0.25) is 0 Å². The molecule has 128 valence electrons. The minimum absolute atomic E-state index is 0.0685. The maximum absolute atomic E-state index is 12.3. The van der Waals surface area contributed by atoms with Crippen molar-refractivity contribution in [2.75, 3.05) is 38.6 Å². The number of carbonyl (C=O) groups excluding carboxylic acids is 1. The molecular weight excluding hydrogens is 302 g/mol. The second-order valence-corrected chi connectivity index (χ2v) is 5.55. The normalized spacial score (nSPS) is 10.6. The number of ether oxygens (including phenoxy) is 1. The molecular formula is C19H25N3O2. The number of hydrogen-bond acceptors (Lipinski definition) is 4. The second-order valence-electron chi connectivity index (χ2n) is 5.55. The van der Waals surface area contributed by atoms with Crippen LogP contribution in [0.25, 0.3) is 0 Å². The molecule has 0 radical (unpaired) electrons. The Morgan fingerprint density at radius 2 is 1.79 bits per heavy atom. The third-order valence-corrected chi connectivity index (χ3v) is 3.75. The minimum Gasteiger partial charge on any atom is -0.495 e. The van der Waals surface area contributed by atoms with Crippen LogP contribution in [0.4, 0.5) is 5.69 Å². The highest BCUT2D eigenvalue weighted by molar-refractivity contribution is 5.93. The molecule has 0 aliphatic carbocycles. The second kappa shape index (κ2) is 9.70. The van der Waals surface area contributed by atoms with Gasteiger partial charge in [0.15, 0.2) is 0 Å². The van der Waals surface area contributed by atoms with Crippen LogP contribution < -0.4 is 15.8 Å². The summed E-state index contributed by atoms with van der Waals surface area (Å²) in [5, 5.41) is 2.90. The molecule has 0 aliphatic heterocycles. The number of nitrogens with zero attached hydrogens (tertiary/aromatic N) is 1. The van der Waals surface area contributed by atoms with E-state index in [4.69, 9.17) is 10.5 Å². The molecule has 2 aromatic rings. The number of amides is 1. The van der Waals surface area contributed by atoms with E-state index in [2.05, 4.69) is 22.3 Å². The Bertz CT molecular complexity index is 632. The summed E-state index contributed by atoms with van der Waals surface area (Å²) in [6.07, 6.45) is 0.892. The molecule has 0 aromatic heterocycles. The molecule has 1 amide bonds. The van der Waals surface area contributed by atoms with Crippen LogP contribution in [-0.4, -0.2) is 44.1 Å². The minimum atomic E-state index is -0.0685. The Hall–Kier alpha value is -2.37. The summed E-state index contributed by atoms with van der Waals surface area (Å²) in [7, 11) is 1.59. The molecule has 0 spiro atoms. The number of para-hydroxylation sites is 2. The predicted octanol–water partition coefficient (Wildman–Crippen LogP) is 2.14. The van der Waals surface area contributed by atoms with Gasteiger partial charge in [0, 0.05) is 19.6 Å². The summed E-state index contributed by atoms with van der Waals surface area (Å²) < 4.78 is 5.26. The average molecular weight is 327 g/mol. The van der Waals surface area contributed by atoms with Gasteiger partial charge in [-0.15, -0.1) is 0 Å². The molecule has 0 fully saturated rings. The van der Waals surface area contributed by atoms with Gasteiger partial charge in [0.1, 0.15) is 5.75 Å². The van der Waals surface area contributed by atoms with Crippen molar-refractivity contribution >= 4 is 11.6 Å². The summed E-state index contributed by atoms with van der Waals surface area (Å²) in [4.78, 5) is 14.4. The molecule has 2 aromatic carbocycles. The van der Waals surface area contributed by atoms with Crippen LogP contribution in [0.15, 0.2) is 54.6 Å². The lowest BCUT2D eigenvalue weighted by Gasteiger charge is -2.21. The topological polar surface area (TPSA) is 67.6 Å². The van der Waals surface area contributed by atoms with Gasteiger partial charge < -0.3 is 15.8 Å². The van der Waals surface area contributed by atoms with E-state index in [-0.39, 0.29) is 5.91 Å². The van der Waals surface area contributed by atoms with Crippen molar-refractivity contribution in [3.63, 3.8) is 0 Å². The van der Waals surface area contributed by atoms with E-state index in [1.165, 1.54) is 5.56 Å². The quantitative estimate of drug-likeness (QED) is 0.740. The van der Waals surface area contributed by atoms with Crippen LogP contribution in [0.5, 0.6) is 5.75 Å². The number of hydrogen-bond donors (Lipinski definition) is 2. The Labute approximate surface area is 143 Å². The monoisotopic (exact) mass is 327 g/mol. The van der Waals surface area contributed by atoms with Crippen molar-refractivity contribution in [2.24, 2.45) is 5.73 Å². The van der Waals surface area contributed by atoms with E-state index in [1.54, 1.807) is 7.11 Å². The molecule has 0 saturated carbocycles. The van der Waals surface area contributed by atoms with Crippen LogP contribution in [0.1, 0.15) is 5.56 Å². The van der Waals surface area contributed by atoms with Crippen molar-refractivity contribution in [3.05, 3.63) is 60.2 Å². The molecule has 0 unspecified atom stereocenters. The van der Waals surface area contributed by atoms with E-state index >= 15 is 0 Å².